The highest BCUT2D eigenvalue weighted by Gasteiger charge is 2.35. The molecule has 1 fully saturated rings. The Balaban J connectivity index is 1.93. The summed E-state index contributed by atoms with van der Waals surface area (Å²) >= 11 is 6.27. The third-order valence-electron chi connectivity index (χ3n) is 3.78. The fourth-order valence-corrected chi connectivity index (χ4v) is 2.94. The van der Waals surface area contributed by atoms with E-state index in [-0.39, 0.29) is 11.9 Å². The molecule has 2 aliphatic rings. The van der Waals surface area contributed by atoms with Crippen LogP contribution in [0, 0.1) is 0 Å². The van der Waals surface area contributed by atoms with Crippen molar-refractivity contribution >= 4 is 17.5 Å². The summed E-state index contributed by atoms with van der Waals surface area (Å²) in [5.74, 6) is 1.14. The normalized spacial score (nSPS) is 17.5. The van der Waals surface area contributed by atoms with Crippen LogP contribution in [0.25, 0.3) is 0 Å². The summed E-state index contributed by atoms with van der Waals surface area (Å²) in [6.45, 7) is 5.25. The maximum atomic E-state index is 12.8. The van der Waals surface area contributed by atoms with Crippen molar-refractivity contribution in [2.45, 2.75) is 45.2 Å². The van der Waals surface area contributed by atoms with Crippen LogP contribution in [-0.4, -0.2) is 36.1 Å². The van der Waals surface area contributed by atoms with E-state index in [9.17, 15) is 4.79 Å². The molecule has 1 aliphatic carbocycles. The number of ether oxygens (including phenoxy) is 2. The van der Waals surface area contributed by atoms with Gasteiger partial charge in [0.05, 0.1) is 18.2 Å². The zero-order chi connectivity index (χ0) is 15.0. The molecule has 21 heavy (non-hydrogen) atoms. The lowest BCUT2D eigenvalue weighted by atomic mass is 10.1. The van der Waals surface area contributed by atoms with E-state index in [1.54, 1.807) is 12.1 Å². The molecule has 0 saturated heterocycles. The van der Waals surface area contributed by atoms with E-state index >= 15 is 0 Å². The molecule has 1 aliphatic heterocycles. The predicted octanol–water partition coefficient (Wildman–Crippen LogP) is 3.51. The number of carbonyl (C=O) groups excluding carboxylic acids is 1. The van der Waals surface area contributed by atoms with Gasteiger partial charge >= 0.3 is 0 Å². The molecule has 4 nitrogen and oxygen atoms in total. The van der Waals surface area contributed by atoms with E-state index in [1.807, 2.05) is 18.7 Å². The van der Waals surface area contributed by atoms with E-state index in [2.05, 4.69) is 0 Å². The fraction of sp³-hybridized carbons (Fsp3) is 0.562. The van der Waals surface area contributed by atoms with Crippen molar-refractivity contribution in [2.75, 3.05) is 13.2 Å². The highest BCUT2D eigenvalue weighted by Crippen LogP contribution is 2.39. The summed E-state index contributed by atoms with van der Waals surface area (Å²) in [5, 5.41) is 0.442. The minimum atomic E-state index is 0.0186. The van der Waals surface area contributed by atoms with Gasteiger partial charge in [0.15, 0.2) is 11.5 Å². The fourth-order valence-electron chi connectivity index (χ4n) is 2.68. The van der Waals surface area contributed by atoms with Crippen LogP contribution in [0.2, 0.25) is 5.02 Å². The van der Waals surface area contributed by atoms with E-state index in [4.69, 9.17) is 21.1 Å². The van der Waals surface area contributed by atoms with Crippen molar-refractivity contribution in [3.63, 3.8) is 0 Å². The number of hydrogen-bond donors (Lipinski definition) is 0. The number of carbonyl (C=O) groups is 1. The van der Waals surface area contributed by atoms with Crippen LogP contribution in [0.15, 0.2) is 12.1 Å². The number of rotatable bonds is 3. The Morgan fingerprint density at radius 1 is 1.29 bits per heavy atom. The van der Waals surface area contributed by atoms with Crippen molar-refractivity contribution in [1.82, 2.24) is 4.90 Å². The number of hydrogen-bond acceptors (Lipinski definition) is 3. The number of benzene rings is 1. The van der Waals surface area contributed by atoms with Gasteiger partial charge in [-0.05, 0) is 38.8 Å². The van der Waals surface area contributed by atoms with E-state index < -0.39 is 0 Å². The van der Waals surface area contributed by atoms with Crippen molar-refractivity contribution in [3.05, 3.63) is 22.7 Å². The molecule has 0 atom stereocenters. The number of amides is 1. The van der Waals surface area contributed by atoms with Gasteiger partial charge in [-0.25, -0.2) is 0 Å². The van der Waals surface area contributed by atoms with Gasteiger partial charge in [-0.2, -0.15) is 0 Å². The molecule has 1 heterocycles. The van der Waals surface area contributed by atoms with E-state index in [0.29, 0.717) is 41.3 Å². The number of fused-ring (bicyclic) bond motifs is 1. The molecule has 5 heteroatoms. The lowest BCUT2D eigenvalue weighted by Crippen LogP contribution is -2.38. The molecule has 0 spiro atoms. The first-order valence-corrected chi connectivity index (χ1v) is 7.87. The van der Waals surface area contributed by atoms with Gasteiger partial charge in [0, 0.05) is 24.1 Å². The zero-order valence-corrected chi connectivity index (χ0v) is 13.2. The smallest absolute Gasteiger partial charge is 0.254 e. The Morgan fingerprint density at radius 3 is 2.67 bits per heavy atom. The van der Waals surface area contributed by atoms with Crippen LogP contribution in [0.3, 0.4) is 0 Å². The first-order chi connectivity index (χ1) is 10.1. The van der Waals surface area contributed by atoms with Gasteiger partial charge in [-0.15, -0.1) is 0 Å². The molecule has 114 valence electrons. The molecule has 3 rings (SSSR count). The number of nitrogens with zero attached hydrogens (tertiary/aromatic N) is 1. The molecule has 1 amide bonds. The van der Waals surface area contributed by atoms with Crippen molar-refractivity contribution in [3.8, 4) is 11.5 Å². The molecular formula is C16H20ClNO3. The minimum Gasteiger partial charge on any atom is -0.489 e. The second-order valence-corrected chi connectivity index (χ2v) is 6.28. The predicted molar refractivity (Wildman–Crippen MR) is 81.4 cm³/mol. The third-order valence-corrected chi connectivity index (χ3v) is 4.06. The summed E-state index contributed by atoms with van der Waals surface area (Å²) in [5.41, 5.74) is 0.574. The zero-order valence-electron chi connectivity index (χ0n) is 12.4. The van der Waals surface area contributed by atoms with Gasteiger partial charge in [0.25, 0.3) is 5.91 Å². The minimum absolute atomic E-state index is 0.0186. The molecule has 0 aromatic heterocycles. The highest BCUT2D eigenvalue weighted by atomic mass is 35.5. The summed E-state index contributed by atoms with van der Waals surface area (Å²) < 4.78 is 11.3. The second-order valence-electron chi connectivity index (χ2n) is 5.87. The van der Waals surface area contributed by atoms with Crippen LogP contribution in [0.5, 0.6) is 11.5 Å². The quantitative estimate of drug-likeness (QED) is 0.857. The van der Waals surface area contributed by atoms with Gasteiger partial charge in [-0.1, -0.05) is 11.6 Å². The van der Waals surface area contributed by atoms with Crippen LogP contribution >= 0.6 is 11.6 Å². The van der Waals surface area contributed by atoms with Crippen LogP contribution in [0.4, 0.5) is 0 Å². The molecule has 1 saturated carbocycles. The van der Waals surface area contributed by atoms with Gasteiger partial charge in [0.1, 0.15) is 0 Å². The average Bonchev–Trinajstić information content (AvgIpc) is 3.24. The monoisotopic (exact) mass is 309 g/mol. The Labute approximate surface area is 130 Å². The SMILES string of the molecule is CC(C)N(C(=O)c1cc(Cl)c2c(c1)OCCCO2)C1CC1. The molecule has 0 unspecified atom stereocenters. The maximum Gasteiger partial charge on any atom is 0.254 e. The topological polar surface area (TPSA) is 38.8 Å². The standard InChI is InChI=1S/C16H20ClNO3/c1-10(2)18(12-4-5-12)16(19)11-8-13(17)15-14(9-11)20-6-3-7-21-15/h8-10,12H,3-7H2,1-2H3. The molecule has 1 aromatic rings. The molecule has 1 aromatic carbocycles. The Hall–Kier alpha value is -1.42. The van der Waals surface area contributed by atoms with Crippen LogP contribution in [-0.2, 0) is 0 Å². The molecule has 0 radical (unpaired) electrons. The summed E-state index contributed by atoms with van der Waals surface area (Å²) in [6, 6.07) is 3.99. The third kappa shape index (κ3) is 2.95. The largest absolute Gasteiger partial charge is 0.489 e. The molecule has 0 bridgehead atoms. The maximum absolute atomic E-state index is 12.8. The first-order valence-electron chi connectivity index (χ1n) is 7.49. The van der Waals surface area contributed by atoms with Gasteiger partial charge in [0.2, 0.25) is 0 Å². The van der Waals surface area contributed by atoms with Crippen molar-refractivity contribution in [1.29, 1.82) is 0 Å². The first kappa shape index (κ1) is 14.5. The summed E-state index contributed by atoms with van der Waals surface area (Å²) in [4.78, 5) is 14.7. The van der Waals surface area contributed by atoms with Gasteiger partial charge < -0.3 is 14.4 Å². The van der Waals surface area contributed by atoms with E-state index in [1.165, 1.54) is 0 Å². The molecular weight excluding hydrogens is 290 g/mol. The molecule has 0 N–H and O–H groups in total. The van der Waals surface area contributed by atoms with Crippen LogP contribution in [0.1, 0.15) is 43.5 Å². The number of halogens is 1. The Kier molecular flexibility index (Phi) is 3.98. The van der Waals surface area contributed by atoms with Crippen molar-refractivity contribution < 1.29 is 14.3 Å². The van der Waals surface area contributed by atoms with E-state index in [0.717, 1.165) is 19.3 Å². The second kappa shape index (κ2) is 5.76. The Morgan fingerprint density at radius 2 is 2.00 bits per heavy atom. The highest BCUT2D eigenvalue weighted by molar-refractivity contribution is 6.32. The Bertz CT molecular complexity index is 553. The van der Waals surface area contributed by atoms with Gasteiger partial charge in [-0.3, -0.25) is 4.79 Å². The van der Waals surface area contributed by atoms with Crippen molar-refractivity contribution in [2.24, 2.45) is 0 Å². The van der Waals surface area contributed by atoms with Crippen LogP contribution < -0.4 is 9.47 Å². The lowest BCUT2D eigenvalue weighted by Gasteiger charge is -2.27. The average molecular weight is 310 g/mol. The summed E-state index contributed by atoms with van der Waals surface area (Å²) in [7, 11) is 0. The lowest BCUT2D eigenvalue weighted by molar-refractivity contribution is 0.0690. The summed E-state index contributed by atoms with van der Waals surface area (Å²) in [6.07, 6.45) is 2.99.